The van der Waals surface area contributed by atoms with Crippen molar-refractivity contribution >= 4 is 79.7 Å². The number of thioether (sulfide) groups is 1. The van der Waals surface area contributed by atoms with Crippen LogP contribution in [0.4, 0.5) is 5.69 Å². The Bertz CT molecular complexity index is 1060. The molecule has 1 heterocycles. The van der Waals surface area contributed by atoms with E-state index in [1.807, 2.05) is 0 Å². The zero-order chi connectivity index (χ0) is 21.7. The molecule has 1 aliphatic rings. The van der Waals surface area contributed by atoms with Crippen LogP contribution in [0.15, 0.2) is 50.8 Å². The summed E-state index contributed by atoms with van der Waals surface area (Å²) < 4.78 is 11.2. The Morgan fingerprint density at radius 2 is 2.10 bits per heavy atom. The van der Waals surface area contributed by atoms with Gasteiger partial charge in [-0.15, -0.1) is 0 Å². The number of rotatable bonds is 6. The van der Waals surface area contributed by atoms with Gasteiger partial charge in [-0.25, -0.2) is 9.79 Å². The fourth-order valence-electron chi connectivity index (χ4n) is 2.41. The number of benzene rings is 2. The summed E-state index contributed by atoms with van der Waals surface area (Å²) in [4.78, 5) is 28.8. The van der Waals surface area contributed by atoms with E-state index in [-0.39, 0.29) is 19.1 Å². The maximum absolute atomic E-state index is 12.4. The van der Waals surface area contributed by atoms with E-state index < -0.39 is 5.97 Å². The number of carbonyl (C=O) groups excluding carboxylic acids is 2. The smallest absolute Gasteiger partial charge is 0.344 e. The summed E-state index contributed by atoms with van der Waals surface area (Å²) in [5.41, 5.74) is 1.07. The Morgan fingerprint density at radius 1 is 1.30 bits per heavy atom. The van der Waals surface area contributed by atoms with Crippen molar-refractivity contribution in [3.8, 4) is 5.75 Å². The van der Waals surface area contributed by atoms with Gasteiger partial charge in [-0.3, -0.25) is 4.79 Å². The Balaban J connectivity index is 1.84. The Hall–Kier alpha value is -2.00. The predicted octanol–water partition coefficient (Wildman–Crippen LogP) is 5.59. The molecule has 0 spiro atoms. The first kappa shape index (κ1) is 22.7. The van der Waals surface area contributed by atoms with Crippen LogP contribution in [0, 0.1) is 0 Å². The van der Waals surface area contributed by atoms with Crippen LogP contribution < -0.4 is 10.1 Å². The molecule has 3 rings (SSSR count). The number of nitrogens with one attached hydrogen (secondary N) is 1. The molecule has 1 amide bonds. The normalized spacial score (nSPS) is 16.1. The Kier molecular flexibility index (Phi) is 7.82. The van der Waals surface area contributed by atoms with Crippen LogP contribution in [0.5, 0.6) is 5.75 Å². The quantitative estimate of drug-likeness (QED) is 0.390. The number of halogens is 3. The molecule has 0 aromatic heterocycles. The number of carbonyl (C=O) groups is 2. The summed E-state index contributed by atoms with van der Waals surface area (Å²) >= 11 is 16.7. The molecule has 0 radical (unpaired) electrons. The number of amidine groups is 1. The van der Waals surface area contributed by atoms with Gasteiger partial charge in [0.2, 0.25) is 0 Å². The number of amides is 1. The first-order valence-corrected chi connectivity index (χ1v) is 11.1. The van der Waals surface area contributed by atoms with Crippen LogP contribution in [0.3, 0.4) is 0 Å². The van der Waals surface area contributed by atoms with Gasteiger partial charge in [-0.2, -0.15) is 0 Å². The lowest BCUT2D eigenvalue weighted by Crippen LogP contribution is -2.19. The van der Waals surface area contributed by atoms with Crippen molar-refractivity contribution in [3.63, 3.8) is 0 Å². The minimum absolute atomic E-state index is 0.231. The van der Waals surface area contributed by atoms with Gasteiger partial charge in [-0.1, -0.05) is 45.2 Å². The van der Waals surface area contributed by atoms with Crippen molar-refractivity contribution < 1.29 is 19.1 Å². The first-order chi connectivity index (χ1) is 14.4. The fourth-order valence-corrected chi connectivity index (χ4v) is 3.96. The maximum atomic E-state index is 12.4. The summed E-state index contributed by atoms with van der Waals surface area (Å²) in [6, 6.07) is 10.3. The van der Waals surface area contributed by atoms with Crippen LogP contribution in [0.25, 0.3) is 6.08 Å². The Labute approximate surface area is 195 Å². The van der Waals surface area contributed by atoms with Crippen LogP contribution in [0.2, 0.25) is 10.0 Å². The molecule has 10 heteroatoms. The van der Waals surface area contributed by atoms with Crippen molar-refractivity contribution in [2.45, 2.75) is 6.92 Å². The minimum atomic E-state index is -0.472. The molecule has 0 saturated carbocycles. The number of ether oxygens (including phenoxy) is 2. The number of hydrogen-bond acceptors (Lipinski definition) is 6. The van der Waals surface area contributed by atoms with E-state index in [0.29, 0.717) is 37.1 Å². The molecule has 0 bridgehead atoms. The lowest BCUT2D eigenvalue weighted by Gasteiger charge is -2.09. The average molecular weight is 530 g/mol. The Morgan fingerprint density at radius 3 is 2.87 bits per heavy atom. The minimum Gasteiger partial charge on any atom is -0.481 e. The third-order valence-electron chi connectivity index (χ3n) is 3.71. The maximum Gasteiger partial charge on any atom is 0.344 e. The third kappa shape index (κ3) is 5.78. The monoisotopic (exact) mass is 528 g/mol. The molecular weight excluding hydrogens is 515 g/mol. The highest BCUT2D eigenvalue weighted by molar-refractivity contribution is 9.10. The van der Waals surface area contributed by atoms with E-state index in [2.05, 4.69) is 26.2 Å². The number of esters is 1. The second kappa shape index (κ2) is 10.3. The largest absolute Gasteiger partial charge is 0.481 e. The summed E-state index contributed by atoms with van der Waals surface area (Å²) in [6.07, 6.45) is 1.66. The molecule has 0 aliphatic carbocycles. The summed E-state index contributed by atoms with van der Waals surface area (Å²) in [6.45, 7) is 1.76. The highest BCUT2D eigenvalue weighted by Crippen LogP contribution is 2.35. The van der Waals surface area contributed by atoms with Crippen molar-refractivity contribution in [1.82, 2.24) is 5.32 Å². The summed E-state index contributed by atoms with van der Waals surface area (Å²) in [7, 11) is 0. The van der Waals surface area contributed by atoms with E-state index in [4.69, 9.17) is 32.7 Å². The molecule has 0 atom stereocenters. The standard InChI is InChI=1S/C20H15BrCl2N2O4S/c1-2-28-17(26)10-29-15-7-6-12(21)8-11(15)9-16-19(27)25-20(30-16)24-14-5-3-4-13(22)18(14)23/h3-9H,2,10H2,1H3,(H,24,25,27)/b16-9+. The van der Waals surface area contributed by atoms with Gasteiger partial charge < -0.3 is 14.8 Å². The van der Waals surface area contributed by atoms with Crippen molar-refractivity contribution in [2.24, 2.45) is 4.99 Å². The lowest BCUT2D eigenvalue weighted by molar-refractivity contribution is -0.145. The van der Waals surface area contributed by atoms with Crippen molar-refractivity contribution in [2.75, 3.05) is 13.2 Å². The molecule has 1 fully saturated rings. The molecule has 6 nitrogen and oxygen atoms in total. The van der Waals surface area contributed by atoms with E-state index >= 15 is 0 Å². The summed E-state index contributed by atoms with van der Waals surface area (Å²) in [5.74, 6) is -0.344. The molecule has 156 valence electrons. The first-order valence-electron chi connectivity index (χ1n) is 8.69. The molecule has 30 heavy (non-hydrogen) atoms. The van der Waals surface area contributed by atoms with E-state index in [1.54, 1.807) is 49.4 Å². The van der Waals surface area contributed by atoms with Gasteiger partial charge in [-0.05, 0) is 55.1 Å². The van der Waals surface area contributed by atoms with E-state index in [0.717, 1.165) is 16.2 Å². The van der Waals surface area contributed by atoms with Crippen LogP contribution in [0.1, 0.15) is 12.5 Å². The van der Waals surface area contributed by atoms with Crippen molar-refractivity contribution in [3.05, 3.63) is 61.4 Å². The average Bonchev–Trinajstić information content (AvgIpc) is 3.04. The fraction of sp³-hybridized carbons (Fsp3) is 0.150. The SMILES string of the molecule is CCOC(=O)COc1ccc(Br)cc1/C=C1/SC(=Nc2cccc(Cl)c2Cl)NC1=O. The third-order valence-corrected chi connectivity index (χ3v) is 5.93. The number of nitrogens with zero attached hydrogens (tertiary/aromatic N) is 1. The predicted molar refractivity (Wildman–Crippen MR) is 124 cm³/mol. The molecule has 2 aromatic rings. The topological polar surface area (TPSA) is 77.0 Å². The van der Waals surface area contributed by atoms with Crippen molar-refractivity contribution in [1.29, 1.82) is 0 Å². The summed E-state index contributed by atoms with van der Waals surface area (Å²) in [5, 5.41) is 3.75. The zero-order valence-electron chi connectivity index (χ0n) is 15.6. The molecule has 1 N–H and O–H groups in total. The zero-order valence-corrected chi connectivity index (χ0v) is 19.5. The van der Waals surface area contributed by atoms with Gasteiger partial charge >= 0.3 is 5.97 Å². The van der Waals surface area contributed by atoms with Gasteiger partial charge in [0.05, 0.1) is 27.2 Å². The van der Waals surface area contributed by atoms with Gasteiger partial charge in [0.1, 0.15) is 5.75 Å². The highest BCUT2D eigenvalue weighted by atomic mass is 79.9. The van der Waals surface area contributed by atoms with Crippen LogP contribution >= 0.6 is 50.9 Å². The van der Waals surface area contributed by atoms with E-state index in [1.165, 1.54) is 0 Å². The second-order valence-electron chi connectivity index (χ2n) is 5.83. The number of hydrogen-bond donors (Lipinski definition) is 1. The highest BCUT2D eigenvalue weighted by Gasteiger charge is 2.25. The molecule has 1 aliphatic heterocycles. The van der Waals surface area contributed by atoms with Gasteiger partial charge in [0.15, 0.2) is 11.8 Å². The molecule has 2 aromatic carbocycles. The lowest BCUT2D eigenvalue weighted by atomic mass is 10.2. The molecule has 0 unspecified atom stereocenters. The molecule has 1 saturated heterocycles. The van der Waals surface area contributed by atoms with Gasteiger partial charge in [0, 0.05) is 10.0 Å². The van der Waals surface area contributed by atoms with Crippen LogP contribution in [-0.4, -0.2) is 30.3 Å². The molecular formula is C20H15BrCl2N2O4S. The van der Waals surface area contributed by atoms with Crippen LogP contribution in [-0.2, 0) is 14.3 Å². The van der Waals surface area contributed by atoms with Gasteiger partial charge in [0.25, 0.3) is 5.91 Å². The number of aliphatic imine (C=N–C) groups is 1. The van der Waals surface area contributed by atoms with E-state index in [9.17, 15) is 9.59 Å². The second-order valence-corrected chi connectivity index (χ2v) is 8.56.